The SMILES string of the molecule is Cc1ccccc1NS(=O)(=O)c1cc(C(=O)N2CCS(=O)(=O)CC2)ccc1Cl. The third-order valence-electron chi connectivity index (χ3n) is 4.49. The van der Waals surface area contributed by atoms with Gasteiger partial charge in [-0.15, -0.1) is 0 Å². The molecule has 0 saturated carbocycles. The molecule has 0 bridgehead atoms. The number of amides is 1. The number of sulfonamides is 1. The second-order valence-electron chi connectivity index (χ2n) is 6.51. The second-order valence-corrected chi connectivity index (χ2v) is 10.9. The molecule has 28 heavy (non-hydrogen) atoms. The number of halogens is 1. The lowest BCUT2D eigenvalue weighted by Crippen LogP contribution is -2.43. The summed E-state index contributed by atoms with van der Waals surface area (Å²) in [6.07, 6.45) is 0. The Hall–Kier alpha value is -2.10. The Labute approximate surface area is 169 Å². The normalized spacial score (nSPS) is 16.6. The number of para-hydroxylation sites is 1. The molecule has 1 fully saturated rings. The lowest BCUT2D eigenvalue weighted by atomic mass is 10.2. The van der Waals surface area contributed by atoms with Gasteiger partial charge in [0, 0.05) is 18.7 Å². The Morgan fingerprint density at radius 3 is 2.39 bits per heavy atom. The van der Waals surface area contributed by atoms with Crippen molar-refractivity contribution >= 4 is 43.1 Å². The highest BCUT2D eigenvalue weighted by Gasteiger charge is 2.27. The number of rotatable bonds is 4. The van der Waals surface area contributed by atoms with Crippen molar-refractivity contribution in [3.8, 4) is 0 Å². The Bertz CT molecular complexity index is 1120. The van der Waals surface area contributed by atoms with E-state index >= 15 is 0 Å². The van der Waals surface area contributed by atoms with Gasteiger partial charge in [-0.2, -0.15) is 0 Å². The van der Waals surface area contributed by atoms with Crippen LogP contribution in [0.4, 0.5) is 5.69 Å². The van der Waals surface area contributed by atoms with E-state index in [1.807, 2.05) is 0 Å². The van der Waals surface area contributed by atoms with Crippen LogP contribution in [0.3, 0.4) is 0 Å². The first kappa shape index (κ1) is 20.6. The highest BCUT2D eigenvalue weighted by molar-refractivity contribution is 7.93. The molecule has 1 heterocycles. The van der Waals surface area contributed by atoms with Gasteiger partial charge in [-0.1, -0.05) is 29.8 Å². The Kier molecular flexibility index (Phi) is 5.69. The minimum atomic E-state index is -4.02. The maximum absolute atomic E-state index is 12.8. The van der Waals surface area contributed by atoms with E-state index in [0.29, 0.717) is 5.69 Å². The molecule has 1 amide bonds. The first-order valence-corrected chi connectivity index (χ1v) is 12.1. The average Bonchev–Trinajstić information content (AvgIpc) is 2.63. The fraction of sp³-hybridized carbons (Fsp3) is 0.278. The lowest BCUT2D eigenvalue weighted by molar-refractivity contribution is 0.0770. The van der Waals surface area contributed by atoms with E-state index in [1.54, 1.807) is 31.2 Å². The van der Waals surface area contributed by atoms with Gasteiger partial charge in [0.2, 0.25) is 0 Å². The number of hydrogen-bond donors (Lipinski definition) is 1. The van der Waals surface area contributed by atoms with E-state index in [-0.39, 0.29) is 40.1 Å². The van der Waals surface area contributed by atoms with Crippen molar-refractivity contribution in [2.75, 3.05) is 29.3 Å². The van der Waals surface area contributed by atoms with E-state index in [2.05, 4.69) is 4.72 Å². The highest BCUT2D eigenvalue weighted by Crippen LogP contribution is 2.27. The van der Waals surface area contributed by atoms with Gasteiger partial charge in [-0.05, 0) is 36.8 Å². The van der Waals surface area contributed by atoms with Crippen LogP contribution in [0.15, 0.2) is 47.4 Å². The number of sulfone groups is 1. The van der Waals surface area contributed by atoms with Crippen molar-refractivity contribution in [2.45, 2.75) is 11.8 Å². The van der Waals surface area contributed by atoms with Crippen LogP contribution < -0.4 is 4.72 Å². The van der Waals surface area contributed by atoms with Crippen LogP contribution in [0.1, 0.15) is 15.9 Å². The number of carbonyl (C=O) groups is 1. The molecule has 0 unspecified atom stereocenters. The standard InChI is InChI=1S/C18H19ClN2O5S2/c1-13-4-2-3-5-16(13)20-28(25,26)17-12-14(6-7-15(17)19)18(22)21-8-10-27(23,24)11-9-21/h2-7,12,20H,8-11H2,1H3. The summed E-state index contributed by atoms with van der Waals surface area (Å²) in [7, 11) is -7.15. The average molecular weight is 443 g/mol. The van der Waals surface area contributed by atoms with E-state index in [0.717, 1.165) is 5.56 Å². The zero-order valence-corrected chi connectivity index (χ0v) is 17.4. The monoisotopic (exact) mass is 442 g/mol. The fourth-order valence-corrected chi connectivity index (χ4v) is 5.69. The molecule has 7 nitrogen and oxygen atoms in total. The Morgan fingerprint density at radius 2 is 1.75 bits per heavy atom. The van der Waals surface area contributed by atoms with Gasteiger partial charge in [0.1, 0.15) is 4.90 Å². The maximum atomic E-state index is 12.8. The summed E-state index contributed by atoms with van der Waals surface area (Å²) in [6.45, 7) is 1.92. The first-order chi connectivity index (χ1) is 13.1. The van der Waals surface area contributed by atoms with Crippen molar-refractivity contribution in [2.24, 2.45) is 0 Å². The van der Waals surface area contributed by atoms with Crippen LogP contribution >= 0.6 is 11.6 Å². The molecule has 1 N–H and O–H groups in total. The van der Waals surface area contributed by atoms with Gasteiger partial charge in [-0.3, -0.25) is 9.52 Å². The summed E-state index contributed by atoms with van der Waals surface area (Å²) in [4.78, 5) is 13.9. The van der Waals surface area contributed by atoms with Crippen molar-refractivity contribution < 1.29 is 21.6 Å². The van der Waals surface area contributed by atoms with Crippen molar-refractivity contribution in [1.29, 1.82) is 0 Å². The third-order valence-corrected chi connectivity index (χ3v) is 7.94. The summed E-state index contributed by atoms with van der Waals surface area (Å²) in [6, 6.07) is 10.9. The van der Waals surface area contributed by atoms with Crippen LogP contribution in [-0.4, -0.2) is 52.2 Å². The molecule has 2 aromatic carbocycles. The molecule has 1 aliphatic rings. The molecule has 2 aromatic rings. The van der Waals surface area contributed by atoms with Crippen LogP contribution in [0, 0.1) is 6.92 Å². The van der Waals surface area contributed by atoms with E-state index in [1.165, 1.54) is 23.1 Å². The molecule has 150 valence electrons. The number of benzene rings is 2. The topological polar surface area (TPSA) is 101 Å². The van der Waals surface area contributed by atoms with Crippen LogP contribution in [0.2, 0.25) is 5.02 Å². The van der Waals surface area contributed by atoms with Crippen molar-refractivity contribution in [3.05, 3.63) is 58.6 Å². The summed E-state index contributed by atoms with van der Waals surface area (Å²) < 4.78 is 51.2. The van der Waals surface area contributed by atoms with Crippen LogP contribution in [0.5, 0.6) is 0 Å². The molecule has 0 atom stereocenters. The van der Waals surface area contributed by atoms with Gasteiger partial charge in [0.25, 0.3) is 15.9 Å². The predicted molar refractivity (Wildman–Crippen MR) is 108 cm³/mol. The molecule has 0 spiro atoms. The summed E-state index contributed by atoms with van der Waals surface area (Å²) in [5.41, 5.74) is 1.29. The summed E-state index contributed by atoms with van der Waals surface area (Å²) in [5, 5.41) is -0.0149. The largest absolute Gasteiger partial charge is 0.337 e. The summed E-state index contributed by atoms with van der Waals surface area (Å²) in [5.74, 6) is -0.641. The molecule has 1 aliphatic heterocycles. The molecule has 1 saturated heterocycles. The van der Waals surface area contributed by atoms with Crippen molar-refractivity contribution in [3.63, 3.8) is 0 Å². The van der Waals surface area contributed by atoms with Crippen molar-refractivity contribution in [1.82, 2.24) is 4.90 Å². The fourth-order valence-electron chi connectivity index (χ4n) is 2.83. The summed E-state index contributed by atoms with van der Waals surface area (Å²) >= 11 is 6.09. The molecular formula is C18H19ClN2O5S2. The number of anilines is 1. The van der Waals surface area contributed by atoms with Crippen LogP contribution in [-0.2, 0) is 19.9 Å². The first-order valence-electron chi connectivity index (χ1n) is 8.47. The molecular weight excluding hydrogens is 424 g/mol. The quantitative estimate of drug-likeness (QED) is 0.783. The number of hydrogen-bond acceptors (Lipinski definition) is 5. The zero-order chi connectivity index (χ0) is 20.5. The second kappa shape index (κ2) is 7.73. The number of carbonyl (C=O) groups excluding carboxylic acids is 1. The molecule has 0 radical (unpaired) electrons. The Morgan fingerprint density at radius 1 is 1.11 bits per heavy atom. The minimum absolute atomic E-state index is 0.0149. The van der Waals surface area contributed by atoms with Gasteiger partial charge in [0.05, 0.1) is 22.2 Å². The third kappa shape index (κ3) is 4.48. The number of aryl methyl sites for hydroxylation is 1. The van der Waals surface area contributed by atoms with E-state index < -0.39 is 25.8 Å². The van der Waals surface area contributed by atoms with E-state index in [4.69, 9.17) is 11.6 Å². The van der Waals surface area contributed by atoms with Gasteiger partial charge < -0.3 is 4.90 Å². The zero-order valence-electron chi connectivity index (χ0n) is 15.1. The van der Waals surface area contributed by atoms with E-state index in [9.17, 15) is 21.6 Å². The van der Waals surface area contributed by atoms with Gasteiger partial charge >= 0.3 is 0 Å². The van der Waals surface area contributed by atoms with Gasteiger partial charge in [0.15, 0.2) is 9.84 Å². The van der Waals surface area contributed by atoms with Crippen LogP contribution in [0.25, 0.3) is 0 Å². The smallest absolute Gasteiger partial charge is 0.263 e. The maximum Gasteiger partial charge on any atom is 0.263 e. The molecule has 10 heteroatoms. The number of nitrogens with one attached hydrogen (secondary N) is 1. The minimum Gasteiger partial charge on any atom is -0.337 e. The molecule has 0 aliphatic carbocycles. The molecule has 3 rings (SSSR count). The Balaban J connectivity index is 1.89. The van der Waals surface area contributed by atoms with Gasteiger partial charge in [-0.25, -0.2) is 16.8 Å². The number of nitrogens with zero attached hydrogens (tertiary/aromatic N) is 1. The lowest BCUT2D eigenvalue weighted by Gasteiger charge is -2.27. The predicted octanol–water partition coefficient (Wildman–Crippen LogP) is 2.32. The molecule has 0 aromatic heterocycles. The highest BCUT2D eigenvalue weighted by atomic mass is 35.5.